The van der Waals surface area contributed by atoms with Crippen LogP contribution in [0.2, 0.25) is 0 Å². The lowest BCUT2D eigenvalue weighted by Gasteiger charge is -2.09. The highest BCUT2D eigenvalue weighted by Crippen LogP contribution is 2.41. The lowest BCUT2D eigenvalue weighted by Crippen LogP contribution is -2.10. The topological polar surface area (TPSA) is 113 Å². The lowest BCUT2D eigenvalue weighted by molar-refractivity contribution is -0.141. The molecule has 1 aliphatic rings. The van der Waals surface area contributed by atoms with Crippen molar-refractivity contribution in [3.63, 3.8) is 0 Å². The van der Waals surface area contributed by atoms with Gasteiger partial charge in [-0.3, -0.25) is 0 Å². The van der Waals surface area contributed by atoms with Gasteiger partial charge in [0.05, 0.1) is 12.6 Å². The summed E-state index contributed by atoms with van der Waals surface area (Å²) in [5, 5.41) is 16.4. The molecule has 4 heterocycles. The maximum absolute atomic E-state index is 13.4. The van der Waals surface area contributed by atoms with Crippen molar-refractivity contribution in [1.82, 2.24) is 49.9 Å². The van der Waals surface area contributed by atoms with Gasteiger partial charge in [0.15, 0.2) is 5.82 Å². The van der Waals surface area contributed by atoms with Crippen LogP contribution in [0.5, 0.6) is 0 Å². The molecule has 0 N–H and O–H groups in total. The van der Waals surface area contributed by atoms with Crippen molar-refractivity contribution < 1.29 is 13.2 Å². The number of hydrogen-bond acceptors (Lipinski definition) is 8. The molecule has 1 fully saturated rings. The standard InChI is InChI=1S/C19H15F3N10/c1-31-28-18(27-30-31)14(13-6-23-9-24-7-13)8-32-10-25-17(29-32)12-4-15(11-2-3-11)26-16(5-12)19(20,21)22/h4-11H,2-3H2,1H3/b14-8+. The summed E-state index contributed by atoms with van der Waals surface area (Å²) in [6.07, 6.45) is 4.61. The second-order valence-corrected chi connectivity index (χ2v) is 7.26. The van der Waals surface area contributed by atoms with E-state index in [-0.39, 0.29) is 17.3 Å². The monoisotopic (exact) mass is 440 g/mol. The normalized spacial score (nSPS) is 14.7. The number of alkyl halides is 3. The summed E-state index contributed by atoms with van der Waals surface area (Å²) in [5.41, 5.74) is 0.835. The van der Waals surface area contributed by atoms with Crippen molar-refractivity contribution in [2.75, 3.05) is 0 Å². The van der Waals surface area contributed by atoms with E-state index in [2.05, 4.69) is 40.4 Å². The van der Waals surface area contributed by atoms with Gasteiger partial charge in [0.25, 0.3) is 0 Å². The van der Waals surface area contributed by atoms with Gasteiger partial charge in [-0.05, 0) is 30.2 Å². The number of aryl methyl sites for hydroxylation is 1. The molecule has 32 heavy (non-hydrogen) atoms. The van der Waals surface area contributed by atoms with Crippen molar-refractivity contribution in [3.05, 3.63) is 60.0 Å². The number of tetrazole rings is 1. The fraction of sp³-hybridized carbons (Fsp3) is 0.263. The zero-order valence-electron chi connectivity index (χ0n) is 16.6. The molecule has 5 rings (SSSR count). The lowest BCUT2D eigenvalue weighted by atomic mass is 10.1. The summed E-state index contributed by atoms with van der Waals surface area (Å²) in [6.45, 7) is 0. The maximum Gasteiger partial charge on any atom is 0.433 e. The third kappa shape index (κ3) is 4.08. The van der Waals surface area contributed by atoms with Crippen molar-refractivity contribution in [3.8, 4) is 11.4 Å². The first-order valence-electron chi connectivity index (χ1n) is 9.59. The quantitative estimate of drug-likeness (QED) is 0.465. The van der Waals surface area contributed by atoms with Crippen LogP contribution in [0.25, 0.3) is 23.2 Å². The first-order valence-corrected chi connectivity index (χ1v) is 9.59. The molecule has 1 aliphatic carbocycles. The Labute approximate surface area is 178 Å². The van der Waals surface area contributed by atoms with Gasteiger partial charge < -0.3 is 0 Å². The minimum atomic E-state index is -4.56. The first-order chi connectivity index (χ1) is 15.4. The third-order valence-corrected chi connectivity index (χ3v) is 4.78. The third-order valence-electron chi connectivity index (χ3n) is 4.78. The Morgan fingerprint density at radius 2 is 1.91 bits per heavy atom. The minimum Gasteiger partial charge on any atom is -0.248 e. The van der Waals surface area contributed by atoms with Crippen LogP contribution in [0.1, 0.15) is 41.5 Å². The van der Waals surface area contributed by atoms with Gasteiger partial charge in [-0.15, -0.1) is 15.3 Å². The van der Waals surface area contributed by atoms with Crippen LogP contribution in [0, 0.1) is 0 Å². The van der Waals surface area contributed by atoms with Crippen LogP contribution in [0.3, 0.4) is 0 Å². The van der Waals surface area contributed by atoms with Gasteiger partial charge in [-0.25, -0.2) is 24.6 Å². The highest BCUT2D eigenvalue weighted by atomic mass is 19.4. The van der Waals surface area contributed by atoms with Crippen molar-refractivity contribution in [1.29, 1.82) is 0 Å². The Morgan fingerprint density at radius 3 is 2.56 bits per heavy atom. The molecular weight excluding hydrogens is 425 g/mol. The number of pyridine rings is 1. The molecule has 0 spiro atoms. The van der Waals surface area contributed by atoms with E-state index in [9.17, 15) is 13.2 Å². The summed E-state index contributed by atoms with van der Waals surface area (Å²) in [7, 11) is 1.63. The second kappa shape index (κ2) is 7.59. The van der Waals surface area contributed by atoms with Gasteiger partial charge in [0.2, 0.25) is 5.82 Å². The molecular formula is C19H15F3N10. The zero-order chi connectivity index (χ0) is 22.3. The van der Waals surface area contributed by atoms with Crippen LogP contribution >= 0.6 is 0 Å². The number of halogens is 3. The average Bonchev–Trinajstić information content (AvgIpc) is 3.38. The Bertz CT molecular complexity index is 1290. The smallest absolute Gasteiger partial charge is 0.248 e. The number of hydrogen-bond donors (Lipinski definition) is 0. The van der Waals surface area contributed by atoms with Crippen molar-refractivity contribution in [2.45, 2.75) is 24.9 Å². The van der Waals surface area contributed by atoms with Crippen LogP contribution in [0.4, 0.5) is 13.2 Å². The molecule has 0 radical (unpaired) electrons. The molecule has 0 atom stereocenters. The Balaban J connectivity index is 1.55. The number of aromatic nitrogens is 10. The summed E-state index contributed by atoms with van der Waals surface area (Å²) >= 11 is 0. The van der Waals surface area contributed by atoms with Crippen molar-refractivity contribution in [2.24, 2.45) is 7.05 Å². The molecule has 13 heteroatoms. The highest BCUT2D eigenvalue weighted by molar-refractivity contribution is 5.83. The molecule has 0 aromatic carbocycles. The minimum absolute atomic E-state index is 0.0467. The molecule has 4 aromatic heterocycles. The summed E-state index contributed by atoms with van der Waals surface area (Å²) in [6, 6.07) is 2.58. The first kappa shape index (κ1) is 19.9. The second-order valence-electron chi connectivity index (χ2n) is 7.26. The van der Waals surface area contributed by atoms with Gasteiger partial charge in [-0.2, -0.15) is 18.0 Å². The number of nitrogens with zero attached hydrogens (tertiary/aromatic N) is 10. The largest absolute Gasteiger partial charge is 0.433 e. The molecule has 0 bridgehead atoms. The van der Waals surface area contributed by atoms with Crippen LogP contribution in [-0.4, -0.2) is 49.9 Å². The highest BCUT2D eigenvalue weighted by Gasteiger charge is 2.35. The summed E-state index contributed by atoms with van der Waals surface area (Å²) in [4.78, 5) is 17.3. The zero-order valence-corrected chi connectivity index (χ0v) is 16.6. The van der Waals surface area contributed by atoms with E-state index in [4.69, 9.17) is 0 Å². The molecule has 10 nitrogen and oxygen atoms in total. The molecule has 0 saturated heterocycles. The Hall–Kier alpha value is -4.03. The van der Waals surface area contributed by atoms with Gasteiger partial charge >= 0.3 is 6.18 Å². The predicted molar refractivity (Wildman–Crippen MR) is 104 cm³/mol. The van der Waals surface area contributed by atoms with E-state index in [1.807, 2.05) is 0 Å². The maximum atomic E-state index is 13.4. The summed E-state index contributed by atoms with van der Waals surface area (Å²) < 4.78 is 41.4. The fourth-order valence-corrected chi connectivity index (χ4v) is 3.11. The van der Waals surface area contributed by atoms with Gasteiger partial charge in [0.1, 0.15) is 18.3 Å². The fourth-order valence-electron chi connectivity index (χ4n) is 3.11. The van der Waals surface area contributed by atoms with Crippen LogP contribution < -0.4 is 0 Å². The van der Waals surface area contributed by atoms with Crippen LogP contribution in [0.15, 0.2) is 37.2 Å². The molecule has 1 saturated carbocycles. The van der Waals surface area contributed by atoms with Crippen molar-refractivity contribution >= 4 is 11.8 Å². The van der Waals surface area contributed by atoms with E-state index in [0.717, 1.165) is 18.9 Å². The van der Waals surface area contributed by atoms with Crippen LogP contribution in [-0.2, 0) is 13.2 Å². The summed E-state index contributed by atoms with van der Waals surface area (Å²) in [5.74, 6) is 0.496. The Kier molecular flexibility index (Phi) is 4.72. The number of rotatable bonds is 5. The molecule has 4 aromatic rings. The molecule has 0 aliphatic heterocycles. The van der Waals surface area contributed by atoms with E-state index in [0.29, 0.717) is 22.7 Å². The van der Waals surface area contributed by atoms with Gasteiger partial charge in [-0.1, -0.05) is 0 Å². The molecule has 162 valence electrons. The molecule has 0 unspecified atom stereocenters. The van der Waals surface area contributed by atoms with E-state index >= 15 is 0 Å². The van der Waals surface area contributed by atoms with Gasteiger partial charge in [0, 0.05) is 41.3 Å². The predicted octanol–water partition coefficient (Wildman–Crippen LogP) is 2.60. The van der Waals surface area contributed by atoms with E-state index in [1.54, 1.807) is 31.7 Å². The van der Waals surface area contributed by atoms with E-state index < -0.39 is 11.9 Å². The Morgan fingerprint density at radius 1 is 1.12 bits per heavy atom. The average molecular weight is 440 g/mol. The van der Waals surface area contributed by atoms with E-state index in [1.165, 1.54) is 22.1 Å². The SMILES string of the molecule is Cn1nnc(/C(=C/n2cnc(-c3cc(C4CC4)nc(C(F)(F)F)c3)n2)c2cncnc2)n1. The molecule has 0 amide bonds.